The van der Waals surface area contributed by atoms with E-state index in [0.29, 0.717) is 26.3 Å². The third-order valence-corrected chi connectivity index (χ3v) is 4.30. The molecule has 136 valence electrons. The molecule has 1 aromatic carbocycles. The maximum Gasteiger partial charge on any atom is 0.294 e. The van der Waals surface area contributed by atoms with Crippen molar-refractivity contribution in [2.75, 3.05) is 33.4 Å². The molecule has 0 amide bonds. The maximum absolute atomic E-state index is 12.6. The van der Waals surface area contributed by atoms with E-state index in [4.69, 9.17) is 4.74 Å². The molecule has 1 saturated heterocycles. The van der Waals surface area contributed by atoms with Gasteiger partial charge in [0.1, 0.15) is 29.4 Å². The fourth-order valence-electron chi connectivity index (χ4n) is 1.95. The molecule has 1 aliphatic heterocycles. The molecule has 1 aliphatic rings. The molecule has 0 N–H and O–H groups in total. The Morgan fingerprint density at radius 2 is 1.75 bits per heavy atom. The van der Waals surface area contributed by atoms with E-state index in [0.717, 1.165) is 11.8 Å². The van der Waals surface area contributed by atoms with E-state index in [1.165, 1.54) is 12.1 Å². The summed E-state index contributed by atoms with van der Waals surface area (Å²) >= 11 is 0. The number of allylic oxidation sites excluding steroid dienone is 1. The molecule has 24 heavy (non-hydrogen) atoms. The van der Waals surface area contributed by atoms with Crippen LogP contribution in [0.3, 0.4) is 0 Å². The van der Waals surface area contributed by atoms with Crippen LogP contribution in [-0.2, 0) is 14.9 Å². The van der Waals surface area contributed by atoms with Crippen molar-refractivity contribution >= 4 is 10.1 Å². The van der Waals surface area contributed by atoms with Gasteiger partial charge in [0.15, 0.2) is 0 Å². The Morgan fingerprint density at radius 1 is 1.25 bits per heavy atom. The Bertz CT molecular complexity index is 654. The van der Waals surface area contributed by atoms with Crippen molar-refractivity contribution in [3.8, 4) is 0 Å². The SMILES string of the molecule is C[N+]1(C=C(F)C(F)F)CCOCC1.Cc1ccc(S(=O)(=O)[O-])cc1. The Morgan fingerprint density at radius 3 is 2.17 bits per heavy atom. The first kappa shape index (κ1) is 20.6. The molecule has 1 fully saturated rings. The summed E-state index contributed by atoms with van der Waals surface area (Å²) in [4.78, 5) is -0.178. The first-order chi connectivity index (χ1) is 11.0. The molecule has 0 unspecified atom stereocenters. The number of benzene rings is 1. The van der Waals surface area contributed by atoms with Crippen molar-refractivity contribution in [1.82, 2.24) is 0 Å². The molecule has 0 atom stereocenters. The van der Waals surface area contributed by atoms with Gasteiger partial charge >= 0.3 is 0 Å². The van der Waals surface area contributed by atoms with Gasteiger partial charge in [0.05, 0.1) is 25.2 Å². The van der Waals surface area contributed by atoms with Crippen molar-refractivity contribution in [2.24, 2.45) is 0 Å². The zero-order valence-electron chi connectivity index (χ0n) is 13.4. The van der Waals surface area contributed by atoms with Gasteiger partial charge in [-0.25, -0.2) is 17.2 Å². The largest absolute Gasteiger partial charge is 0.744 e. The Balaban J connectivity index is 0.000000243. The number of halogens is 3. The van der Waals surface area contributed by atoms with E-state index in [9.17, 15) is 26.1 Å². The highest BCUT2D eigenvalue weighted by Crippen LogP contribution is 2.16. The summed E-state index contributed by atoms with van der Waals surface area (Å²) in [5, 5.41) is 0. The van der Waals surface area contributed by atoms with Crippen LogP contribution in [0.1, 0.15) is 5.56 Å². The van der Waals surface area contributed by atoms with E-state index >= 15 is 0 Å². The van der Waals surface area contributed by atoms with Gasteiger partial charge < -0.3 is 9.29 Å². The Hall–Kier alpha value is -1.42. The number of aryl methyl sites for hydroxylation is 1. The van der Waals surface area contributed by atoms with Gasteiger partial charge in [0.2, 0.25) is 5.83 Å². The van der Waals surface area contributed by atoms with Crippen LogP contribution in [-0.4, -0.2) is 57.2 Å². The number of morpholine rings is 1. The van der Waals surface area contributed by atoms with Crippen LogP contribution in [0.5, 0.6) is 0 Å². The predicted octanol–water partition coefficient (Wildman–Crippen LogP) is 2.44. The molecule has 0 spiro atoms. The lowest BCUT2D eigenvalue weighted by atomic mass is 10.2. The van der Waals surface area contributed by atoms with Crippen LogP contribution in [0.15, 0.2) is 41.2 Å². The zero-order valence-corrected chi connectivity index (χ0v) is 14.2. The predicted molar refractivity (Wildman–Crippen MR) is 81.1 cm³/mol. The van der Waals surface area contributed by atoms with Crippen molar-refractivity contribution in [3.63, 3.8) is 0 Å². The summed E-state index contributed by atoms with van der Waals surface area (Å²) in [7, 11) is -2.56. The highest BCUT2D eigenvalue weighted by molar-refractivity contribution is 7.85. The number of quaternary nitrogens is 1. The van der Waals surface area contributed by atoms with E-state index in [2.05, 4.69) is 0 Å². The minimum atomic E-state index is -4.27. The second kappa shape index (κ2) is 8.61. The molecule has 2 rings (SSSR count). The first-order valence-corrected chi connectivity index (χ1v) is 8.55. The summed E-state index contributed by atoms with van der Waals surface area (Å²) < 4.78 is 72.8. The van der Waals surface area contributed by atoms with Crippen LogP contribution in [0.25, 0.3) is 0 Å². The summed E-state index contributed by atoms with van der Waals surface area (Å²) in [5.74, 6) is -1.34. The van der Waals surface area contributed by atoms with Gasteiger partial charge in [0, 0.05) is 0 Å². The fraction of sp³-hybridized carbons (Fsp3) is 0.467. The summed E-state index contributed by atoms with van der Waals surface area (Å²) in [6, 6.07) is 5.78. The number of ether oxygens (including phenoxy) is 1. The minimum absolute atomic E-state index is 0.178. The molecular weight excluding hydrogens is 347 g/mol. The van der Waals surface area contributed by atoms with Crippen LogP contribution in [0, 0.1) is 6.92 Å². The average Bonchev–Trinajstić information content (AvgIpc) is 2.47. The van der Waals surface area contributed by atoms with Gasteiger partial charge in [-0.3, -0.25) is 4.48 Å². The highest BCUT2D eigenvalue weighted by Gasteiger charge is 2.26. The number of hydrogen-bond donors (Lipinski definition) is 0. The number of nitrogens with zero attached hydrogens (tertiary/aromatic N) is 1. The van der Waals surface area contributed by atoms with Gasteiger partial charge in [-0.05, 0) is 19.1 Å². The topological polar surface area (TPSA) is 66.4 Å². The number of likely N-dealkylation sites (N-methyl/N-ethyl adjacent to an activating group) is 1. The second-order valence-electron chi connectivity index (χ2n) is 5.62. The van der Waals surface area contributed by atoms with Gasteiger partial charge in [-0.2, -0.15) is 4.39 Å². The molecule has 0 aromatic heterocycles. The van der Waals surface area contributed by atoms with Gasteiger partial charge in [-0.1, -0.05) is 17.7 Å². The zero-order chi connectivity index (χ0) is 18.4. The quantitative estimate of drug-likeness (QED) is 0.608. The summed E-state index contributed by atoms with van der Waals surface area (Å²) in [6.45, 7) is 3.88. The molecule has 0 bridgehead atoms. The lowest BCUT2D eigenvalue weighted by Crippen LogP contribution is -2.47. The van der Waals surface area contributed by atoms with Crippen molar-refractivity contribution in [1.29, 1.82) is 0 Å². The van der Waals surface area contributed by atoms with Crippen molar-refractivity contribution in [2.45, 2.75) is 18.2 Å². The number of alkyl halides is 2. The van der Waals surface area contributed by atoms with Crippen LogP contribution in [0.2, 0.25) is 0 Å². The van der Waals surface area contributed by atoms with Crippen molar-refractivity contribution in [3.05, 3.63) is 41.9 Å². The molecule has 0 saturated carbocycles. The van der Waals surface area contributed by atoms with E-state index in [1.54, 1.807) is 19.2 Å². The lowest BCUT2D eigenvalue weighted by molar-refractivity contribution is -0.868. The number of rotatable bonds is 3. The van der Waals surface area contributed by atoms with Gasteiger partial charge in [0.25, 0.3) is 6.43 Å². The molecule has 9 heteroatoms. The lowest BCUT2D eigenvalue weighted by Gasteiger charge is -2.33. The highest BCUT2D eigenvalue weighted by atomic mass is 32.2. The monoisotopic (exact) mass is 367 g/mol. The number of hydrogen-bond acceptors (Lipinski definition) is 4. The molecule has 0 radical (unpaired) electrons. The first-order valence-electron chi connectivity index (χ1n) is 7.14. The Labute approximate surface area is 139 Å². The van der Waals surface area contributed by atoms with Crippen LogP contribution >= 0.6 is 0 Å². The third-order valence-electron chi connectivity index (χ3n) is 3.45. The molecular formula is C15H20F3NO4S. The van der Waals surface area contributed by atoms with Crippen molar-refractivity contribution < 1.29 is 35.4 Å². The van der Waals surface area contributed by atoms with E-state index in [-0.39, 0.29) is 9.38 Å². The average molecular weight is 367 g/mol. The molecule has 1 aromatic rings. The van der Waals surface area contributed by atoms with E-state index < -0.39 is 22.4 Å². The summed E-state index contributed by atoms with van der Waals surface area (Å²) in [6.07, 6.45) is -2.02. The molecule has 5 nitrogen and oxygen atoms in total. The van der Waals surface area contributed by atoms with Gasteiger partial charge in [-0.15, -0.1) is 0 Å². The van der Waals surface area contributed by atoms with Crippen LogP contribution < -0.4 is 0 Å². The minimum Gasteiger partial charge on any atom is -0.744 e. The molecule has 1 heterocycles. The van der Waals surface area contributed by atoms with E-state index in [1.807, 2.05) is 6.92 Å². The maximum atomic E-state index is 12.6. The standard InChI is InChI=1S/C8H13F3NO.C7H8O3S/c1-12(2-4-13-5-3-12)6-7(9)8(10)11;1-6-2-4-7(5-3-6)11(8,9)10/h6,8H,2-5H2,1H3;2-5H,1H3,(H,8,9,10)/q+1;/p-1. The van der Waals surface area contributed by atoms with Crippen LogP contribution in [0.4, 0.5) is 13.2 Å². The normalized spacial score (nSPS) is 18.0. The second-order valence-corrected chi connectivity index (χ2v) is 7.00. The third kappa shape index (κ3) is 7.00. The summed E-state index contributed by atoms with van der Waals surface area (Å²) in [5.41, 5.74) is 0.928. The smallest absolute Gasteiger partial charge is 0.294 e. The fourth-order valence-corrected chi connectivity index (χ4v) is 2.42. The Kier molecular flexibility index (Phi) is 7.40. The molecule has 0 aliphatic carbocycles.